The first-order chi connectivity index (χ1) is 28.4. The van der Waals surface area contributed by atoms with Gasteiger partial charge in [-0.25, -0.2) is 4.79 Å². The predicted octanol–water partition coefficient (Wildman–Crippen LogP) is 4.31. The van der Waals surface area contributed by atoms with Crippen LogP contribution >= 0.6 is 0 Å². The Labute approximate surface area is 340 Å². The van der Waals surface area contributed by atoms with Crippen LogP contribution in [0.3, 0.4) is 0 Å². The molecule has 6 N–H and O–H groups in total. The Bertz CT molecular complexity index is 2380. The van der Waals surface area contributed by atoms with Crippen LogP contribution in [0.5, 0.6) is 17.2 Å². The standard InChI is InChI=1S/C45H48N4O10/c1-58-38-24-29(10-11-30(38)26-46-27-37(51)34-12-14-36(50)41-35(34)13-15-39(52)47-41)42(54)49-22-18-44(19-23-49)16-20-48(21-17-44)40(53)28-59-33-9-5-8-32(25-33)45(57,43(55)56)31-6-3-2-4-7-31/h2-15,24-25,37,46,50-51,57H,16-23,26-28H2,1H3,(H,47,52)(H,55,56). The van der Waals surface area contributed by atoms with Gasteiger partial charge in [-0.05, 0) is 78.6 Å². The second kappa shape index (κ2) is 17.3. The highest BCUT2D eigenvalue weighted by molar-refractivity contribution is 5.95. The number of piperidine rings is 2. The van der Waals surface area contributed by atoms with Gasteiger partial charge in [0.25, 0.3) is 11.8 Å². The highest BCUT2D eigenvalue weighted by atomic mass is 16.5. The lowest BCUT2D eigenvalue weighted by Gasteiger charge is -2.46. The lowest BCUT2D eigenvalue weighted by Crippen LogP contribution is -2.50. The van der Waals surface area contributed by atoms with Crippen molar-refractivity contribution in [3.05, 3.63) is 135 Å². The molecule has 4 aromatic carbocycles. The second-order valence-electron chi connectivity index (χ2n) is 15.3. The Hall–Kier alpha value is -6.22. The van der Waals surface area contributed by atoms with E-state index < -0.39 is 17.7 Å². The molecule has 1 spiro atoms. The number of carbonyl (C=O) groups excluding carboxylic acids is 2. The third-order valence-electron chi connectivity index (χ3n) is 11.9. The van der Waals surface area contributed by atoms with E-state index in [9.17, 15) is 39.6 Å². The maximum atomic E-state index is 13.6. The van der Waals surface area contributed by atoms with Crippen LogP contribution in [-0.4, -0.2) is 99.4 Å². The fraction of sp³-hybridized carbons (Fsp3) is 0.333. The number of carboxylic acids is 1. The number of rotatable bonds is 13. The lowest BCUT2D eigenvalue weighted by atomic mass is 9.71. The monoisotopic (exact) mass is 804 g/mol. The lowest BCUT2D eigenvalue weighted by molar-refractivity contribution is -0.155. The number of aromatic hydroxyl groups is 1. The molecular weight excluding hydrogens is 757 g/mol. The summed E-state index contributed by atoms with van der Waals surface area (Å²) in [7, 11) is 1.55. The van der Waals surface area contributed by atoms with Gasteiger partial charge in [-0.15, -0.1) is 0 Å². The van der Waals surface area contributed by atoms with Gasteiger partial charge in [0, 0.05) is 67.4 Å². The molecule has 14 nitrogen and oxygen atoms in total. The number of methoxy groups -OCH3 is 1. The van der Waals surface area contributed by atoms with Crippen LogP contribution in [0.4, 0.5) is 0 Å². The largest absolute Gasteiger partial charge is 0.506 e. The van der Waals surface area contributed by atoms with E-state index in [2.05, 4.69) is 10.3 Å². The first kappa shape index (κ1) is 41.0. The molecule has 5 aromatic rings. The van der Waals surface area contributed by atoms with Crippen molar-refractivity contribution >= 4 is 28.7 Å². The van der Waals surface area contributed by atoms with Crippen LogP contribution in [0.1, 0.15) is 64.4 Å². The molecular formula is C45H48N4O10. The van der Waals surface area contributed by atoms with Gasteiger partial charge in [-0.1, -0.05) is 54.6 Å². The molecule has 2 fully saturated rings. The third-order valence-corrected chi connectivity index (χ3v) is 11.9. The zero-order valence-electron chi connectivity index (χ0n) is 32.7. The summed E-state index contributed by atoms with van der Waals surface area (Å²) in [4.78, 5) is 57.1. The average Bonchev–Trinajstić information content (AvgIpc) is 3.26. The molecule has 14 heteroatoms. The molecule has 0 aliphatic carbocycles. The summed E-state index contributed by atoms with van der Waals surface area (Å²) < 4.78 is 11.4. The minimum Gasteiger partial charge on any atom is -0.506 e. The number of H-pyrrole nitrogens is 1. The minimum atomic E-state index is -2.28. The van der Waals surface area contributed by atoms with Crippen molar-refractivity contribution in [2.24, 2.45) is 5.41 Å². The average molecular weight is 805 g/mol. The number of amides is 2. The summed E-state index contributed by atoms with van der Waals surface area (Å²) in [6.07, 6.45) is 2.35. The van der Waals surface area contributed by atoms with Crippen LogP contribution in [-0.2, 0) is 21.7 Å². The van der Waals surface area contributed by atoms with Gasteiger partial charge in [0.2, 0.25) is 11.2 Å². The summed E-state index contributed by atoms with van der Waals surface area (Å²) in [5.74, 6) is -0.940. The first-order valence-electron chi connectivity index (χ1n) is 19.6. The summed E-state index contributed by atoms with van der Waals surface area (Å²) in [5, 5.41) is 46.1. The molecule has 2 amide bonds. The zero-order valence-corrected chi connectivity index (χ0v) is 32.7. The Morgan fingerprint density at radius 2 is 1.56 bits per heavy atom. The van der Waals surface area contributed by atoms with Gasteiger partial charge in [-0.2, -0.15) is 0 Å². The molecule has 1 aromatic heterocycles. The number of phenols is 1. The number of hydrogen-bond donors (Lipinski definition) is 6. The third kappa shape index (κ3) is 8.65. The maximum absolute atomic E-state index is 13.6. The van der Waals surface area contributed by atoms with E-state index in [-0.39, 0.29) is 64.1 Å². The van der Waals surface area contributed by atoms with E-state index in [4.69, 9.17) is 9.47 Å². The number of aromatic nitrogens is 1. The number of hydrogen-bond acceptors (Lipinski definition) is 10. The number of phenolic OH excluding ortho intramolecular Hbond substituents is 1. The summed E-state index contributed by atoms with van der Waals surface area (Å²) in [6, 6.07) is 25.6. The number of fused-ring (bicyclic) bond motifs is 1. The Kier molecular flexibility index (Phi) is 12.0. The number of aliphatic carboxylic acids is 1. The predicted molar refractivity (Wildman–Crippen MR) is 218 cm³/mol. The van der Waals surface area contributed by atoms with Crippen molar-refractivity contribution in [2.45, 2.75) is 43.9 Å². The van der Waals surface area contributed by atoms with Crippen molar-refractivity contribution in [3.8, 4) is 17.2 Å². The number of benzene rings is 4. The second-order valence-corrected chi connectivity index (χ2v) is 15.3. The Morgan fingerprint density at radius 3 is 2.25 bits per heavy atom. The van der Waals surface area contributed by atoms with Crippen LogP contribution < -0.4 is 20.3 Å². The van der Waals surface area contributed by atoms with Crippen molar-refractivity contribution in [3.63, 3.8) is 0 Å². The van der Waals surface area contributed by atoms with Crippen LogP contribution in [0.25, 0.3) is 10.9 Å². The van der Waals surface area contributed by atoms with Crippen molar-refractivity contribution in [1.82, 2.24) is 20.1 Å². The topological polar surface area (TPSA) is 202 Å². The van der Waals surface area contributed by atoms with E-state index >= 15 is 0 Å². The molecule has 3 heterocycles. The molecule has 7 rings (SSSR count). The van der Waals surface area contributed by atoms with E-state index in [1.54, 1.807) is 78.7 Å². The molecule has 0 saturated carbocycles. The zero-order chi connectivity index (χ0) is 41.7. The molecule has 2 saturated heterocycles. The van der Waals surface area contributed by atoms with Crippen LogP contribution in [0.15, 0.2) is 102 Å². The van der Waals surface area contributed by atoms with Gasteiger partial charge < -0.3 is 50.0 Å². The maximum Gasteiger partial charge on any atom is 0.345 e. The molecule has 0 bridgehead atoms. The molecule has 59 heavy (non-hydrogen) atoms. The quantitative estimate of drug-likeness (QED) is 0.0991. The first-order valence-corrected chi connectivity index (χ1v) is 19.6. The molecule has 2 aliphatic rings. The molecule has 2 atom stereocenters. The molecule has 0 radical (unpaired) electrons. The summed E-state index contributed by atoms with van der Waals surface area (Å²) in [5.41, 5.74) is -0.135. The minimum absolute atomic E-state index is 0.0307. The Balaban J connectivity index is 0.881. The van der Waals surface area contributed by atoms with E-state index in [0.29, 0.717) is 55.0 Å². The van der Waals surface area contributed by atoms with E-state index in [1.165, 1.54) is 24.3 Å². The van der Waals surface area contributed by atoms with Crippen molar-refractivity contribution in [1.29, 1.82) is 0 Å². The Morgan fingerprint density at radius 1 is 0.864 bits per heavy atom. The number of aliphatic hydroxyl groups excluding tert-OH is 1. The summed E-state index contributed by atoms with van der Waals surface area (Å²) in [6.45, 7) is 2.65. The number of likely N-dealkylation sites (tertiary alicyclic amines) is 2. The van der Waals surface area contributed by atoms with Gasteiger partial charge >= 0.3 is 5.97 Å². The van der Waals surface area contributed by atoms with Gasteiger partial charge in [0.1, 0.15) is 17.2 Å². The number of pyridine rings is 1. The fourth-order valence-corrected chi connectivity index (χ4v) is 8.26. The van der Waals surface area contributed by atoms with Crippen LogP contribution in [0, 0.1) is 5.41 Å². The van der Waals surface area contributed by atoms with Gasteiger partial charge in [-0.3, -0.25) is 14.4 Å². The smallest absolute Gasteiger partial charge is 0.345 e. The van der Waals surface area contributed by atoms with Gasteiger partial charge in [0.15, 0.2) is 6.61 Å². The van der Waals surface area contributed by atoms with E-state index in [0.717, 1.165) is 31.2 Å². The number of aliphatic hydroxyl groups is 2. The number of nitrogens with one attached hydrogen (secondary N) is 2. The fourth-order valence-electron chi connectivity index (χ4n) is 8.26. The number of carboxylic acid groups (broad SMARTS) is 1. The molecule has 2 unspecified atom stereocenters. The van der Waals surface area contributed by atoms with Crippen molar-refractivity contribution in [2.75, 3.05) is 46.4 Å². The highest BCUT2D eigenvalue weighted by Crippen LogP contribution is 2.42. The van der Waals surface area contributed by atoms with Gasteiger partial charge in [0.05, 0.1) is 18.7 Å². The number of carbonyl (C=O) groups is 3. The molecule has 308 valence electrons. The number of ether oxygens (including phenoxy) is 2. The summed E-state index contributed by atoms with van der Waals surface area (Å²) >= 11 is 0. The molecule has 2 aliphatic heterocycles. The van der Waals surface area contributed by atoms with Crippen molar-refractivity contribution < 1.29 is 44.3 Å². The highest BCUT2D eigenvalue weighted by Gasteiger charge is 2.41. The van der Waals surface area contributed by atoms with Crippen LogP contribution in [0.2, 0.25) is 0 Å². The normalized spacial score (nSPS) is 16.7. The number of nitrogens with zero attached hydrogens (tertiary/aromatic N) is 2. The van der Waals surface area contributed by atoms with E-state index in [1.807, 2.05) is 11.0 Å². The number of aromatic amines is 1. The SMILES string of the molecule is COc1cc(C(=O)N2CCC3(CCN(C(=O)COc4cccc(C(O)(C(=O)O)c5ccccc5)c4)CC3)CC2)ccc1CNCC(O)c1ccc(O)c2[nH]c(=O)ccc12.